The molecule has 2 rings (SSSR count). The first kappa shape index (κ1) is 14.7. The van der Waals surface area contributed by atoms with Crippen molar-refractivity contribution in [2.75, 3.05) is 6.54 Å². The van der Waals surface area contributed by atoms with Crippen molar-refractivity contribution < 1.29 is 14.7 Å². The molecule has 1 aliphatic carbocycles. The van der Waals surface area contributed by atoms with Gasteiger partial charge in [0.2, 0.25) is 0 Å². The molecule has 0 bridgehead atoms. The largest absolute Gasteiger partial charge is 0.391 e. The Morgan fingerprint density at radius 1 is 1.25 bits per heavy atom. The molecule has 0 spiro atoms. The van der Waals surface area contributed by atoms with Crippen LogP contribution in [0.2, 0.25) is 0 Å². The van der Waals surface area contributed by atoms with E-state index in [1.54, 1.807) is 24.3 Å². The van der Waals surface area contributed by atoms with Gasteiger partial charge in [-0.25, -0.2) is 0 Å². The standard InChI is InChI=1S/C16H21NO3/c1-11(18)13-8-4-5-9-14(13)16(20)17-10-15(19)12-6-2-3-7-12/h4-5,8-9,12,15,19H,2-3,6-7,10H2,1H3,(H,17,20). The van der Waals surface area contributed by atoms with Crippen LogP contribution in [0.5, 0.6) is 0 Å². The molecular formula is C16H21NO3. The summed E-state index contributed by atoms with van der Waals surface area (Å²) < 4.78 is 0. The van der Waals surface area contributed by atoms with E-state index in [2.05, 4.69) is 5.32 Å². The van der Waals surface area contributed by atoms with Gasteiger partial charge < -0.3 is 10.4 Å². The first-order chi connectivity index (χ1) is 9.59. The van der Waals surface area contributed by atoms with Crippen molar-refractivity contribution in [3.63, 3.8) is 0 Å². The Labute approximate surface area is 119 Å². The van der Waals surface area contributed by atoms with Gasteiger partial charge in [-0.3, -0.25) is 9.59 Å². The van der Waals surface area contributed by atoms with Crippen molar-refractivity contribution in [3.8, 4) is 0 Å². The van der Waals surface area contributed by atoms with Gasteiger partial charge in [-0.15, -0.1) is 0 Å². The highest BCUT2D eigenvalue weighted by atomic mass is 16.3. The molecule has 4 nitrogen and oxygen atoms in total. The molecule has 0 aromatic heterocycles. The monoisotopic (exact) mass is 275 g/mol. The minimum absolute atomic E-state index is 0.132. The molecule has 1 atom stereocenters. The molecule has 1 saturated carbocycles. The Morgan fingerprint density at radius 2 is 1.85 bits per heavy atom. The molecule has 1 amide bonds. The van der Waals surface area contributed by atoms with Crippen LogP contribution in [0.25, 0.3) is 0 Å². The Bertz CT molecular complexity index is 492. The summed E-state index contributed by atoms with van der Waals surface area (Å²) >= 11 is 0. The number of hydrogen-bond acceptors (Lipinski definition) is 3. The van der Waals surface area contributed by atoms with Gasteiger partial charge in [-0.1, -0.05) is 31.0 Å². The normalized spacial score (nSPS) is 16.9. The number of aliphatic hydroxyl groups is 1. The fraction of sp³-hybridized carbons (Fsp3) is 0.500. The zero-order valence-electron chi connectivity index (χ0n) is 11.8. The summed E-state index contributed by atoms with van der Waals surface area (Å²) in [7, 11) is 0. The van der Waals surface area contributed by atoms with Gasteiger partial charge in [0.25, 0.3) is 5.91 Å². The number of ketones is 1. The van der Waals surface area contributed by atoms with E-state index in [4.69, 9.17) is 0 Å². The molecule has 4 heteroatoms. The summed E-state index contributed by atoms with van der Waals surface area (Å²) in [6.45, 7) is 1.69. The van der Waals surface area contributed by atoms with Crippen molar-refractivity contribution in [2.45, 2.75) is 38.7 Å². The highest BCUT2D eigenvalue weighted by molar-refractivity contribution is 6.07. The lowest BCUT2D eigenvalue weighted by Crippen LogP contribution is -2.36. The van der Waals surface area contributed by atoms with Crippen LogP contribution in [-0.2, 0) is 0 Å². The zero-order valence-corrected chi connectivity index (χ0v) is 11.8. The average molecular weight is 275 g/mol. The molecule has 1 aromatic rings. The third-order valence-electron chi connectivity index (χ3n) is 3.97. The van der Waals surface area contributed by atoms with E-state index in [9.17, 15) is 14.7 Å². The van der Waals surface area contributed by atoms with Crippen molar-refractivity contribution in [1.82, 2.24) is 5.32 Å². The number of benzene rings is 1. The van der Waals surface area contributed by atoms with Crippen LogP contribution in [0.3, 0.4) is 0 Å². The summed E-state index contributed by atoms with van der Waals surface area (Å²) in [5.74, 6) is -0.140. The summed E-state index contributed by atoms with van der Waals surface area (Å²) in [6.07, 6.45) is 3.87. The van der Waals surface area contributed by atoms with Crippen LogP contribution in [0, 0.1) is 5.92 Å². The maximum absolute atomic E-state index is 12.1. The predicted octanol–water partition coefficient (Wildman–Crippen LogP) is 2.17. The van der Waals surface area contributed by atoms with Gasteiger partial charge in [0.15, 0.2) is 5.78 Å². The van der Waals surface area contributed by atoms with Gasteiger partial charge >= 0.3 is 0 Å². The second-order valence-corrected chi connectivity index (χ2v) is 5.42. The highest BCUT2D eigenvalue weighted by Gasteiger charge is 2.24. The van der Waals surface area contributed by atoms with E-state index < -0.39 is 6.10 Å². The third-order valence-corrected chi connectivity index (χ3v) is 3.97. The van der Waals surface area contributed by atoms with E-state index >= 15 is 0 Å². The molecule has 1 fully saturated rings. The van der Waals surface area contributed by atoms with Crippen LogP contribution in [0.15, 0.2) is 24.3 Å². The van der Waals surface area contributed by atoms with Gasteiger partial charge in [-0.05, 0) is 31.7 Å². The van der Waals surface area contributed by atoms with Gasteiger partial charge in [0.05, 0.1) is 11.7 Å². The minimum atomic E-state index is -0.494. The number of aliphatic hydroxyl groups excluding tert-OH is 1. The topological polar surface area (TPSA) is 66.4 Å². The third kappa shape index (κ3) is 3.45. The van der Waals surface area contributed by atoms with Crippen molar-refractivity contribution >= 4 is 11.7 Å². The number of amides is 1. The van der Waals surface area contributed by atoms with Crippen LogP contribution < -0.4 is 5.32 Å². The molecule has 1 unspecified atom stereocenters. The van der Waals surface area contributed by atoms with Crippen LogP contribution >= 0.6 is 0 Å². The Hall–Kier alpha value is -1.68. The molecule has 0 aliphatic heterocycles. The fourth-order valence-corrected chi connectivity index (χ4v) is 2.79. The second-order valence-electron chi connectivity index (χ2n) is 5.42. The van der Waals surface area contributed by atoms with Crippen LogP contribution in [-0.4, -0.2) is 29.4 Å². The van der Waals surface area contributed by atoms with Crippen molar-refractivity contribution in [1.29, 1.82) is 0 Å². The summed E-state index contributed by atoms with van der Waals surface area (Å²) in [6, 6.07) is 6.74. The molecule has 108 valence electrons. The first-order valence-electron chi connectivity index (χ1n) is 7.16. The molecular weight excluding hydrogens is 254 g/mol. The first-order valence-corrected chi connectivity index (χ1v) is 7.16. The quantitative estimate of drug-likeness (QED) is 0.809. The number of carbonyl (C=O) groups excluding carboxylic acids is 2. The Balaban J connectivity index is 1.96. The number of Topliss-reactive ketones (excluding diaryl/α,β-unsaturated/α-hetero) is 1. The molecule has 0 saturated heterocycles. The Morgan fingerprint density at radius 3 is 2.45 bits per heavy atom. The second kappa shape index (κ2) is 6.66. The van der Waals surface area contributed by atoms with Gasteiger partial charge in [0.1, 0.15) is 0 Å². The van der Waals surface area contributed by atoms with Gasteiger partial charge in [0, 0.05) is 12.1 Å². The Kier molecular flexibility index (Phi) is 4.90. The lowest BCUT2D eigenvalue weighted by molar-refractivity contribution is 0.0836. The van der Waals surface area contributed by atoms with Crippen LogP contribution in [0.1, 0.15) is 53.3 Å². The van der Waals surface area contributed by atoms with Crippen LogP contribution in [0.4, 0.5) is 0 Å². The van der Waals surface area contributed by atoms with E-state index in [1.807, 2.05) is 0 Å². The molecule has 1 aromatic carbocycles. The minimum Gasteiger partial charge on any atom is -0.391 e. The zero-order chi connectivity index (χ0) is 14.5. The van der Waals surface area contributed by atoms with E-state index in [0.717, 1.165) is 25.7 Å². The molecule has 0 heterocycles. The maximum Gasteiger partial charge on any atom is 0.252 e. The lowest BCUT2D eigenvalue weighted by atomic mass is 10.0. The maximum atomic E-state index is 12.1. The average Bonchev–Trinajstić information content (AvgIpc) is 2.98. The summed E-state index contributed by atoms with van der Waals surface area (Å²) in [4.78, 5) is 23.6. The molecule has 1 aliphatic rings. The van der Waals surface area contributed by atoms with E-state index in [-0.39, 0.29) is 18.2 Å². The summed E-state index contributed by atoms with van der Waals surface area (Å²) in [5.41, 5.74) is 0.791. The fourth-order valence-electron chi connectivity index (χ4n) is 2.79. The number of nitrogens with one attached hydrogen (secondary N) is 1. The number of carbonyl (C=O) groups is 2. The van der Waals surface area contributed by atoms with Gasteiger partial charge in [-0.2, -0.15) is 0 Å². The SMILES string of the molecule is CC(=O)c1ccccc1C(=O)NCC(O)C1CCCC1. The molecule has 2 N–H and O–H groups in total. The smallest absolute Gasteiger partial charge is 0.252 e. The number of hydrogen-bond donors (Lipinski definition) is 2. The van der Waals surface area contributed by atoms with E-state index in [1.165, 1.54) is 6.92 Å². The predicted molar refractivity (Wildman–Crippen MR) is 76.7 cm³/mol. The molecule has 20 heavy (non-hydrogen) atoms. The van der Waals surface area contributed by atoms with E-state index in [0.29, 0.717) is 17.0 Å². The number of rotatable bonds is 5. The highest BCUT2D eigenvalue weighted by Crippen LogP contribution is 2.27. The summed E-state index contributed by atoms with van der Waals surface area (Å²) in [5, 5.41) is 12.8. The lowest BCUT2D eigenvalue weighted by Gasteiger charge is -2.18. The van der Waals surface area contributed by atoms with Crippen molar-refractivity contribution in [3.05, 3.63) is 35.4 Å². The van der Waals surface area contributed by atoms with Crippen molar-refractivity contribution in [2.24, 2.45) is 5.92 Å². The molecule has 0 radical (unpaired) electrons.